The van der Waals surface area contributed by atoms with Crippen molar-refractivity contribution in [1.82, 2.24) is 0 Å². The highest BCUT2D eigenvalue weighted by molar-refractivity contribution is 5.87. The van der Waals surface area contributed by atoms with Gasteiger partial charge in [-0.15, -0.1) is 0 Å². The van der Waals surface area contributed by atoms with Gasteiger partial charge in [-0.1, -0.05) is 148 Å². The van der Waals surface area contributed by atoms with Crippen molar-refractivity contribution in [1.29, 1.82) is 0 Å². The normalized spacial score (nSPS) is 12.0. The lowest BCUT2D eigenvalue weighted by Crippen LogP contribution is -2.24. The van der Waals surface area contributed by atoms with Crippen LogP contribution >= 0.6 is 0 Å². The van der Waals surface area contributed by atoms with Crippen molar-refractivity contribution in [2.24, 2.45) is 0 Å². The molecular weight excluding hydrogens is 568 g/mol. The molecule has 0 spiro atoms. The summed E-state index contributed by atoms with van der Waals surface area (Å²) in [6.45, 7) is 1.81. The molecule has 7 heteroatoms. The topological polar surface area (TPSA) is 102 Å². The predicted octanol–water partition coefficient (Wildman–Crippen LogP) is 9.85. The number of methoxy groups -OCH3 is 1. The fraction of sp³-hybridized carbons (Fsp3) is 0.737. The smallest absolute Gasteiger partial charge is 0.330 e. The third-order valence-electron chi connectivity index (χ3n) is 8.20. The second kappa shape index (κ2) is 28.9. The van der Waals surface area contributed by atoms with Gasteiger partial charge in [-0.25, -0.2) is 4.79 Å². The van der Waals surface area contributed by atoms with E-state index in [0.29, 0.717) is 17.7 Å². The number of unbranched alkanes of at least 4 members (excludes halogenated alkanes) is 21. The van der Waals surface area contributed by atoms with Crippen LogP contribution in [0.3, 0.4) is 0 Å². The molecule has 0 aromatic heterocycles. The fourth-order valence-corrected chi connectivity index (χ4v) is 5.38. The Morgan fingerprint density at radius 2 is 1.13 bits per heavy atom. The number of aromatic hydroxyl groups is 1. The third-order valence-corrected chi connectivity index (χ3v) is 8.20. The second-order valence-electron chi connectivity index (χ2n) is 12.4. The number of phenols is 1. The molecule has 2 N–H and O–H groups in total. The number of carbonyl (C=O) groups excluding carboxylic acids is 2. The maximum absolute atomic E-state index is 11.9. The Morgan fingerprint density at radius 3 is 1.60 bits per heavy atom. The van der Waals surface area contributed by atoms with E-state index in [2.05, 4.69) is 6.92 Å². The highest BCUT2D eigenvalue weighted by Crippen LogP contribution is 2.26. The molecule has 1 aromatic rings. The van der Waals surface area contributed by atoms with Gasteiger partial charge in [0.1, 0.15) is 19.3 Å². The van der Waals surface area contributed by atoms with Crippen LogP contribution in [0.2, 0.25) is 0 Å². The standard InChI is InChI=1S/C38H64O7/c1-3-4-5-6-7-8-9-10-11-12-13-14-15-16-17-18-19-20-21-22-23-24-25-37(41)44-31-34(39)32-45-38(42)29-27-33-26-28-35(40)36(30-33)43-2/h26-30,34,39-40H,3-25,31-32H2,1-2H3/t34-/m0/s1. The van der Waals surface area contributed by atoms with E-state index in [-0.39, 0.29) is 24.9 Å². The summed E-state index contributed by atoms with van der Waals surface area (Å²) in [5, 5.41) is 19.6. The predicted molar refractivity (Wildman–Crippen MR) is 183 cm³/mol. The number of aliphatic hydroxyl groups is 1. The van der Waals surface area contributed by atoms with E-state index in [1.165, 1.54) is 147 Å². The lowest BCUT2D eigenvalue weighted by Gasteiger charge is -2.11. The Hall–Kier alpha value is -2.54. The number of benzene rings is 1. The van der Waals surface area contributed by atoms with Crippen molar-refractivity contribution < 1.29 is 34.0 Å². The van der Waals surface area contributed by atoms with Gasteiger partial charge in [0, 0.05) is 12.5 Å². The number of esters is 2. The van der Waals surface area contributed by atoms with Gasteiger partial charge in [0.25, 0.3) is 0 Å². The Kier molecular flexibility index (Phi) is 26.0. The highest BCUT2D eigenvalue weighted by Gasteiger charge is 2.11. The van der Waals surface area contributed by atoms with Crippen molar-refractivity contribution in [3.63, 3.8) is 0 Å². The molecule has 7 nitrogen and oxygen atoms in total. The Morgan fingerprint density at radius 1 is 0.689 bits per heavy atom. The molecule has 1 atom stereocenters. The van der Waals surface area contributed by atoms with Crippen molar-refractivity contribution in [3.8, 4) is 11.5 Å². The van der Waals surface area contributed by atoms with Crippen LogP contribution in [0, 0.1) is 0 Å². The third kappa shape index (κ3) is 24.4. The summed E-state index contributed by atoms with van der Waals surface area (Å²) in [5.41, 5.74) is 0.645. The minimum absolute atomic E-state index is 0.00536. The molecule has 0 aliphatic rings. The fourth-order valence-electron chi connectivity index (χ4n) is 5.38. The van der Waals surface area contributed by atoms with Gasteiger partial charge in [0.05, 0.1) is 7.11 Å². The summed E-state index contributed by atoms with van der Waals surface area (Å²) >= 11 is 0. The van der Waals surface area contributed by atoms with E-state index in [0.717, 1.165) is 19.3 Å². The number of hydrogen-bond donors (Lipinski definition) is 2. The zero-order valence-electron chi connectivity index (χ0n) is 28.6. The average molecular weight is 633 g/mol. The molecule has 0 heterocycles. The second-order valence-corrected chi connectivity index (χ2v) is 12.4. The van der Waals surface area contributed by atoms with Gasteiger partial charge in [0.15, 0.2) is 11.5 Å². The molecule has 0 aliphatic carbocycles. The largest absolute Gasteiger partial charge is 0.504 e. The molecule has 0 saturated heterocycles. The number of rotatable bonds is 30. The molecule has 0 unspecified atom stereocenters. The van der Waals surface area contributed by atoms with Crippen molar-refractivity contribution in [2.45, 2.75) is 161 Å². The SMILES string of the molecule is CCCCCCCCCCCCCCCCCCCCCCCCC(=O)OC[C@H](O)COC(=O)C=Cc1ccc(O)c(OC)c1. The van der Waals surface area contributed by atoms with Crippen LogP contribution in [0.1, 0.15) is 160 Å². The number of hydrogen-bond acceptors (Lipinski definition) is 7. The summed E-state index contributed by atoms with van der Waals surface area (Å²) in [4.78, 5) is 23.8. The van der Waals surface area contributed by atoms with Gasteiger partial charge in [-0.05, 0) is 30.2 Å². The number of carbonyl (C=O) groups is 2. The highest BCUT2D eigenvalue weighted by atomic mass is 16.6. The van der Waals surface area contributed by atoms with Crippen molar-refractivity contribution in [3.05, 3.63) is 29.8 Å². The van der Waals surface area contributed by atoms with Gasteiger partial charge in [0.2, 0.25) is 0 Å². The minimum Gasteiger partial charge on any atom is -0.504 e. The van der Waals surface area contributed by atoms with Crippen LogP contribution in [0.25, 0.3) is 6.08 Å². The molecule has 0 radical (unpaired) electrons. The molecule has 1 rings (SSSR count). The van der Waals surface area contributed by atoms with Gasteiger partial charge in [-0.2, -0.15) is 0 Å². The summed E-state index contributed by atoms with van der Waals surface area (Å²) < 4.78 is 15.1. The first-order valence-corrected chi connectivity index (χ1v) is 18.0. The Bertz CT molecular complexity index is 898. The van der Waals surface area contributed by atoms with E-state index in [4.69, 9.17) is 14.2 Å². The lowest BCUT2D eigenvalue weighted by atomic mass is 10.0. The van der Waals surface area contributed by atoms with Gasteiger partial charge < -0.3 is 24.4 Å². The Balaban J connectivity index is 1.86. The number of phenolic OH excluding ortho intramolecular Hbond substituents is 1. The molecule has 45 heavy (non-hydrogen) atoms. The quantitative estimate of drug-likeness (QED) is 0.0494. The first-order chi connectivity index (χ1) is 22.0. The zero-order valence-corrected chi connectivity index (χ0v) is 28.6. The molecule has 0 bridgehead atoms. The van der Waals surface area contributed by atoms with Gasteiger partial charge >= 0.3 is 11.9 Å². The van der Waals surface area contributed by atoms with E-state index < -0.39 is 12.1 Å². The summed E-state index contributed by atoms with van der Waals surface area (Å²) in [5.74, 6) is -0.675. The monoisotopic (exact) mass is 632 g/mol. The van der Waals surface area contributed by atoms with Crippen LogP contribution in [-0.2, 0) is 19.1 Å². The maximum Gasteiger partial charge on any atom is 0.330 e. The maximum atomic E-state index is 11.9. The van der Waals surface area contributed by atoms with Crippen LogP contribution in [-0.4, -0.2) is 48.6 Å². The van der Waals surface area contributed by atoms with E-state index in [1.807, 2.05) is 0 Å². The molecule has 0 amide bonds. The van der Waals surface area contributed by atoms with Crippen LogP contribution < -0.4 is 4.74 Å². The summed E-state index contributed by atoms with van der Waals surface area (Å²) in [7, 11) is 1.44. The lowest BCUT2D eigenvalue weighted by molar-refractivity contribution is -0.150. The van der Waals surface area contributed by atoms with Crippen molar-refractivity contribution >= 4 is 18.0 Å². The first-order valence-electron chi connectivity index (χ1n) is 18.0. The molecule has 0 saturated carbocycles. The molecule has 1 aromatic carbocycles. The average Bonchev–Trinajstić information content (AvgIpc) is 3.04. The molecule has 0 fully saturated rings. The summed E-state index contributed by atoms with van der Waals surface area (Å²) in [6.07, 6.45) is 31.2. The molecule has 258 valence electrons. The molecular formula is C38H64O7. The van der Waals surface area contributed by atoms with E-state index in [9.17, 15) is 19.8 Å². The first kappa shape index (κ1) is 40.5. The van der Waals surface area contributed by atoms with Crippen molar-refractivity contribution in [2.75, 3.05) is 20.3 Å². The minimum atomic E-state index is -1.08. The van der Waals surface area contributed by atoms with E-state index >= 15 is 0 Å². The van der Waals surface area contributed by atoms with Crippen LogP contribution in [0.4, 0.5) is 0 Å². The molecule has 0 aliphatic heterocycles. The van der Waals surface area contributed by atoms with Crippen LogP contribution in [0.5, 0.6) is 11.5 Å². The zero-order chi connectivity index (χ0) is 32.8. The number of ether oxygens (including phenoxy) is 3. The number of aliphatic hydroxyl groups excluding tert-OH is 1. The van der Waals surface area contributed by atoms with Crippen LogP contribution in [0.15, 0.2) is 24.3 Å². The van der Waals surface area contributed by atoms with E-state index in [1.54, 1.807) is 12.1 Å². The summed E-state index contributed by atoms with van der Waals surface area (Å²) in [6, 6.07) is 4.67. The van der Waals surface area contributed by atoms with Gasteiger partial charge in [-0.3, -0.25) is 4.79 Å². The Labute approximate surface area is 274 Å².